The first-order valence-corrected chi connectivity index (χ1v) is 8.27. The summed E-state index contributed by atoms with van der Waals surface area (Å²) < 4.78 is 5.81. The minimum atomic E-state index is 0.213. The summed E-state index contributed by atoms with van der Waals surface area (Å²) in [5.74, 6) is 0.978. The first kappa shape index (κ1) is 15.0. The number of pyridine rings is 3. The van der Waals surface area contributed by atoms with Crippen molar-refractivity contribution >= 4 is 16.7 Å². The average molecular weight is 320 g/mol. The molecule has 0 radical (unpaired) electrons. The number of morpholine rings is 1. The third-order valence-corrected chi connectivity index (χ3v) is 4.23. The second kappa shape index (κ2) is 6.17. The fourth-order valence-electron chi connectivity index (χ4n) is 3.21. The van der Waals surface area contributed by atoms with Gasteiger partial charge in [0.05, 0.1) is 29.1 Å². The molecule has 5 nitrogen and oxygen atoms in total. The Kier molecular flexibility index (Phi) is 3.86. The molecule has 2 atom stereocenters. The number of anilines is 1. The van der Waals surface area contributed by atoms with Crippen LogP contribution >= 0.6 is 0 Å². The van der Waals surface area contributed by atoms with Gasteiger partial charge in [-0.1, -0.05) is 6.07 Å². The van der Waals surface area contributed by atoms with Gasteiger partial charge in [-0.3, -0.25) is 4.98 Å². The first-order valence-electron chi connectivity index (χ1n) is 8.27. The zero-order valence-electron chi connectivity index (χ0n) is 13.9. The van der Waals surface area contributed by atoms with E-state index in [1.807, 2.05) is 36.5 Å². The molecule has 0 amide bonds. The number of hydrogen-bond acceptors (Lipinski definition) is 5. The summed E-state index contributed by atoms with van der Waals surface area (Å²) in [6, 6.07) is 12.1. The molecule has 24 heavy (non-hydrogen) atoms. The molecular weight excluding hydrogens is 300 g/mol. The highest BCUT2D eigenvalue weighted by molar-refractivity contribution is 5.80. The molecule has 0 aromatic carbocycles. The Balaban J connectivity index is 1.68. The summed E-state index contributed by atoms with van der Waals surface area (Å²) in [4.78, 5) is 16.0. The van der Waals surface area contributed by atoms with Crippen molar-refractivity contribution in [3.05, 3.63) is 48.8 Å². The standard InChI is InChI=1S/C19H20N4O/c1-13-11-23(12-14(2)24-13)19-5-3-4-17(22-19)18-7-6-15-10-20-9-8-16(15)21-18/h3-10,13-14H,11-12H2,1-2H3/t13-,14+. The zero-order valence-corrected chi connectivity index (χ0v) is 13.9. The number of nitrogens with zero attached hydrogens (tertiary/aromatic N) is 4. The minimum Gasteiger partial charge on any atom is -0.372 e. The highest BCUT2D eigenvalue weighted by atomic mass is 16.5. The molecule has 122 valence electrons. The highest BCUT2D eigenvalue weighted by Crippen LogP contribution is 2.23. The molecule has 3 aromatic heterocycles. The molecule has 4 heterocycles. The van der Waals surface area contributed by atoms with Gasteiger partial charge in [-0.05, 0) is 44.2 Å². The van der Waals surface area contributed by atoms with E-state index in [1.165, 1.54) is 0 Å². The van der Waals surface area contributed by atoms with E-state index in [1.54, 1.807) is 6.20 Å². The van der Waals surface area contributed by atoms with Crippen molar-refractivity contribution in [3.8, 4) is 11.4 Å². The second-order valence-corrected chi connectivity index (χ2v) is 6.31. The van der Waals surface area contributed by atoms with Crippen LogP contribution in [0.2, 0.25) is 0 Å². The number of fused-ring (bicyclic) bond motifs is 1. The van der Waals surface area contributed by atoms with Gasteiger partial charge >= 0.3 is 0 Å². The molecule has 1 aliphatic heterocycles. The maximum atomic E-state index is 5.81. The van der Waals surface area contributed by atoms with E-state index in [4.69, 9.17) is 14.7 Å². The van der Waals surface area contributed by atoms with Crippen LogP contribution in [-0.4, -0.2) is 40.2 Å². The summed E-state index contributed by atoms with van der Waals surface area (Å²) in [6.07, 6.45) is 4.02. The lowest BCUT2D eigenvalue weighted by Gasteiger charge is -2.36. The molecule has 0 N–H and O–H groups in total. The van der Waals surface area contributed by atoms with Gasteiger partial charge in [-0.2, -0.15) is 0 Å². The van der Waals surface area contributed by atoms with E-state index in [-0.39, 0.29) is 12.2 Å². The largest absolute Gasteiger partial charge is 0.372 e. The van der Waals surface area contributed by atoms with Crippen LogP contribution in [0.1, 0.15) is 13.8 Å². The lowest BCUT2D eigenvalue weighted by atomic mass is 10.2. The summed E-state index contributed by atoms with van der Waals surface area (Å²) >= 11 is 0. The van der Waals surface area contributed by atoms with Crippen molar-refractivity contribution in [2.24, 2.45) is 0 Å². The Morgan fingerprint density at radius 3 is 2.58 bits per heavy atom. The van der Waals surface area contributed by atoms with E-state index < -0.39 is 0 Å². The Labute approximate surface area is 141 Å². The van der Waals surface area contributed by atoms with E-state index >= 15 is 0 Å². The normalized spacial score (nSPS) is 21.2. The van der Waals surface area contributed by atoms with Gasteiger partial charge in [0, 0.05) is 30.9 Å². The third kappa shape index (κ3) is 2.95. The maximum Gasteiger partial charge on any atom is 0.129 e. The summed E-state index contributed by atoms with van der Waals surface area (Å²) in [6.45, 7) is 5.92. The van der Waals surface area contributed by atoms with Gasteiger partial charge in [0.15, 0.2) is 0 Å². The fraction of sp³-hybridized carbons (Fsp3) is 0.316. The molecule has 0 bridgehead atoms. The molecule has 0 saturated carbocycles. The molecule has 0 unspecified atom stereocenters. The van der Waals surface area contributed by atoms with Crippen molar-refractivity contribution in [1.82, 2.24) is 15.0 Å². The van der Waals surface area contributed by atoms with E-state index in [2.05, 4.69) is 29.8 Å². The zero-order chi connectivity index (χ0) is 16.5. The van der Waals surface area contributed by atoms with E-state index in [0.717, 1.165) is 41.2 Å². The molecule has 3 aromatic rings. The van der Waals surface area contributed by atoms with Crippen LogP contribution in [0.4, 0.5) is 5.82 Å². The number of rotatable bonds is 2. The first-order chi connectivity index (χ1) is 11.7. The molecule has 1 fully saturated rings. The predicted octanol–water partition coefficient (Wildman–Crippen LogP) is 3.31. The molecule has 0 aliphatic carbocycles. The quantitative estimate of drug-likeness (QED) is 0.725. The van der Waals surface area contributed by atoms with Gasteiger partial charge in [-0.25, -0.2) is 9.97 Å². The monoisotopic (exact) mass is 320 g/mol. The number of aromatic nitrogens is 3. The van der Waals surface area contributed by atoms with E-state index in [9.17, 15) is 0 Å². The van der Waals surface area contributed by atoms with Gasteiger partial charge in [-0.15, -0.1) is 0 Å². The third-order valence-electron chi connectivity index (χ3n) is 4.23. The van der Waals surface area contributed by atoms with Gasteiger partial charge < -0.3 is 9.64 Å². The van der Waals surface area contributed by atoms with Crippen LogP contribution in [0, 0.1) is 0 Å². The Bertz CT molecular complexity index is 857. The number of hydrogen-bond donors (Lipinski definition) is 0. The van der Waals surface area contributed by atoms with Crippen LogP contribution in [0.3, 0.4) is 0 Å². The van der Waals surface area contributed by atoms with Crippen LogP contribution in [0.5, 0.6) is 0 Å². The van der Waals surface area contributed by atoms with Crippen molar-refractivity contribution in [2.75, 3.05) is 18.0 Å². The summed E-state index contributed by atoms with van der Waals surface area (Å²) in [7, 11) is 0. The molecule has 1 saturated heterocycles. The Morgan fingerprint density at radius 2 is 1.75 bits per heavy atom. The predicted molar refractivity (Wildman–Crippen MR) is 95.0 cm³/mol. The van der Waals surface area contributed by atoms with Crippen molar-refractivity contribution < 1.29 is 4.74 Å². The van der Waals surface area contributed by atoms with Gasteiger partial charge in [0.2, 0.25) is 0 Å². The second-order valence-electron chi connectivity index (χ2n) is 6.31. The average Bonchev–Trinajstić information content (AvgIpc) is 2.60. The fourth-order valence-corrected chi connectivity index (χ4v) is 3.21. The summed E-state index contributed by atoms with van der Waals surface area (Å²) in [5, 5.41) is 1.04. The van der Waals surface area contributed by atoms with Crippen LogP contribution in [-0.2, 0) is 4.74 Å². The van der Waals surface area contributed by atoms with Gasteiger partial charge in [0.1, 0.15) is 5.82 Å². The molecule has 5 heteroatoms. The maximum absolute atomic E-state index is 5.81. The molecule has 1 aliphatic rings. The lowest BCUT2D eigenvalue weighted by Crippen LogP contribution is -2.45. The highest BCUT2D eigenvalue weighted by Gasteiger charge is 2.23. The molecule has 4 rings (SSSR count). The van der Waals surface area contributed by atoms with Crippen molar-refractivity contribution in [1.29, 1.82) is 0 Å². The molecular formula is C19H20N4O. The van der Waals surface area contributed by atoms with Gasteiger partial charge in [0.25, 0.3) is 0 Å². The van der Waals surface area contributed by atoms with E-state index in [0.29, 0.717) is 0 Å². The topological polar surface area (TPSA) is 51.1 Å². The smallest absolute Gasteiger partial charge is 0.129 e. The van der Waals surface area contributed by atoms with Crippen molar-refractivity contribution in [3.63, 3.8) is 0 Å². The SMILES string of the molecule is C[C@@H]1CN(c2cccc(-c3ccc4cnccc4n3)n2)C[C@H](C)O1. The van der Waals surface area contributed by atoms with Crippen molar-refractivity contribution in [2.45, 2.75) is 26.1 Å². The Morgan fingerprint density at radius 1 is 0.958 bits per heavy atom. The van der Waals surface area contributed by atoms with Crippen LogP contribution < -0.4 is 4.90 Å². The number of ether oxygens (including phenoxy) is 1. The summed E-state index contributed by atoms with van der Waals surface area (Å²) in [5.41, 5.74) is 2.70. The lowest BCUT2D eigenvalue weighted by molar-refractivity contribution is -0.00545. The molecule has 0 spiro atoms. The minimum absolute atomic E-state index is 0.213. The van der Waals surface area contributed by atoms with Crippen LogP contribution in [0.25, 0.3) is 22.3 Å². The van der Waals surface area contributed by atoms with Crippen LogP contribution in [0.15, 0.2) is 48.8 Å². The Hall–Kier alpha value is -2.53.